The maximum Gasteiger partial charge on any atom is 0.121 e. The van der Waals surface area contributed by atoms with Crippen LogP contribution in [0.4, 0.5) is 5.69 Å². The molecule has 0 aliphatic heterocycles. The van der Waals surface area contributed by atoms with Crippen molar-refractivity contribution in [2.45, 2.75) is 40.5 Å². The lowest BCUT2D eigenvalue weighted by Gasteiger charge is -2.27. The molecule has 0 N–H and O–H groups in total. The Balaban J connectivity index is 3.01. The smallest absolute Gasteiger partial charge is 0.121 e. The number of hydrogen-bond donors (Lipinski definition) is 0. The third-order valence-electron chi connectivity index (χ3n) is 3.62. The first-order valence-corrected chi connectivity index (χ1v) is 7.81. The molecule has 0 spiro atoms. The largest absolute Gasteiger partial charge is 0.497 e. The van der Waals surface area contributed by atoms with Crippen molar-refractivity contribution in [2.24, 2.45) is 11.8 Å². The molecule has 3 nitrogen and oxygen atoms in total. The fraction of sp³-hybridized carbons (Fsp3) is 0.611. The molecule has 0 fully saturated rings. The molecule has 0 unspecified atom stereocenters. The monoisotopic (exact) mass is 288 g/mol. The number of nitriles is 1. The standard InChI is InChI=1S/C18H28N2O/c1-14(2)8-10-20(11-9-15(3)4)18-12-17(21-5)7-6-16(18)13-19/h6-7,12,14-15H,8-11H2,1-5H3. The van der Waals surface area contributed by atoms with Crippen LogP contribution in [-0.2, 0) is 0 Å². The van der Waals surface area contributed by atoms with Gasteiger partial charge in [0.25, 0.3) is 0 Å². The van der Waals surface area contributed by atoms with Crippen LogP contribution in [0.3, 0.4) is 0 Å². The number of rotatable bonds is 8. The van der Waals surface area contributed by atoms with E-state index in [1.165, 1.54) is 0 Å². The Morgan fingerprint density at radius 1 is 1.10 bits per heavy atom. The van der Waals surface area contributed by atoms with Gasteiger partial charge in [-0.1, -0.05) is 27.7 Å². The second-order valence-corrected chi connectivity index (χ2v) is 6.35. The molecule has 1 aromatic rings. The van der Waals surface area contributed by atoms with Gasteiger partial charge in [-0.3, -0.25) is 0 Å². The van der Waals surface area contributed by atoms with E-state index in [0.29, 0.717) is 11.8 Å². The van der Waals surface area contributed by atoms with E-state index >= 15 is 0 Å². The van der Waals surface area contributed by atoms with E-state index in [9.17, 15) is 5.26 Å². The Bertz CT molecular complexity index is 463. The quantitative estimate of drug-likeness (QED) is 0.708. The van der Waals surface area contributed by atoms with E-state index in [-0.39, 0.29) is 0 Å². The summed E-state index contributed by atoms with van der Waals surface area (Å²) in [6, 6.07) is 8.00. The van der Waals surface area contributed by atoms with Gasteiger partial charge in [0.05, 0.1) is 18.4 Å². The lowest BCUT2D eigenvalue weighted by molar-refractivity contribution is 0.414. The van der Waals surface area contributed by atoms with E-state index in [0.717, 1.165) is 42.9 Å². The highest BCUT2D eigenvalue weighted by Crippen LogP contribution is 2.27. The van der Waals surface area contributed by atoms with Crippen molar-refractivity contribution < 1.29 is 4.74 Å². The highest BCUT2D eigenvalue weighted by Gasteiger charge is 2.14. The average molecular weight is 288 g/mol. The van der Waals surface area contributed by atoms with Crippen LogP contribution in [0.25, 0.3) is 0 Å². The molecule has 0 bridgehead atoms. The summed E-state index contributed by atoms with van der Waals surface area (Å²) in [6.07, 6.45) is 2.25. The first kappa shape index (κ1) is 17.4. The van der Waals surface area contributed by atoms with Crippen LogP contribution < -0.4 is 9.64 Å². The summed E-state index contributed by atoms with van der Waals surface area (Å²) in [5, 5.41) is 9.37. The Morgan fingerprint density at radius 2 is 1.67 bits per heavy atom. The third kappa shape index (κ3) is 5.67. The van der Waals surface area contributed by atoms with Gasteiger partial charge < -0.3 is 9.64 Å². The van der Waals surface area contributed by atoms with Gasteiger partial charge in [0.15, 0.2) is 0 Å². The van der Waals surface area contributed by atoms with Crippen LogP contribution in [0.5, 0.6) is 5.75 Å². The average Bonchev–Trinajstić information content (AvgIpc) is 2.46. The normalized spacial score (nSPS) is 10.8. The summed E-state index contributed by atoms with van der Waals surface area (Å²) in [7, 11) is 1.66. The van der Waals surface area contributed by atoms with E-state index in [1.807, 2.05) is 18.2 Å². The Morgan fingerprint density at radius 3 is 2.10 bits per heavy atom. The fourth-order valence-corrected chi connectivity index (χ4v) is 2.18. The highest BCUT2D eigenvalue weighted by atomic mass is 16.5. The van der Waals surface area contributed by atoms with Gasteiger partial charge in [0, 0.05) is 19.2 Å². The predicted octanol–water partition coefficient (Wildman–Crippen LogP) is 4.47. The van der Waals surface area contributed by atoms with Crippen molar-refractivity contribution in [3.8, 4) is 11.8 Å². The maximum atomic E-state index is 9.37. The summed E-state index contributed by atoms with van der Waals surface area (Å²) in [5.74, 6) is 2.12. The molecule has 0 radical (unpaired) electrons. The second kappa shape index (κ2) is 8.56. The maximum absolute atomic E-state index is 9.37. The minimum atomic E-state index is 0.655. The molecular formula is C18H28N2O. The van der Waals surface area contributed by atoms with Gasteiger partial charge in [0.2, 0.25) is 0 Å². The number of anilines is 1. The molecule has 0 aliphatic carbocycles. The highest BCUT2D eigenvalue weighted by molar-refractivity contribution is 5.62. The van der Waals surface area contributed by atoms with Crippen molar-refractivity contribution in [1.82, 2.24) is 0 Å². The first-order chi connectivity index (χ1) is 9.97. The van der Waals surface area contributed by atoms with E-state index in [2.05, 4.69) is 38.7 Å². The van der Waals surface area contributed by atoms with Gasteiger partial charge in [-0.15, -0.1) is 0 Å². The van der Waals surface area contributed by atoms with Crippen molar-refractivity contribution in [3.63, 3.8) is 0 Å². The summed E-state index contributed by atoms with van der Waals surface area (Å²) in [4.78, 5) is 2.33. The molecule has 21 heavy (non-hydrogen) atoms. The fourth-order valence-electron chi connectivity index (χ4n) is 2.18. The molecule has 0 amide bonds. The molecule has 0 aromatic heterocycles. The SMILES string of the molecule is COc1ccc(C#N)c(N(CCC(C)C)CCC(C)C)c1. The van der Waals surface area contributed by atoms with Gasteiger partial charge in [0.1, 0.15) is 11.8 Å². The van der Waals surface area contributed by atoms with Crippen LogP contribution in [-0.4, -0.2) is 20.2 Å². The van der Waals surface area contributed by atoms with Crippen LogP contribution in [0, 0.1) is 23.2 Å². The van der Waals surface area contributed by atoms with E-state index in [4.69, 9.17) is 4.74 Å². The second-order valence-electron chi connectivity index (χ2n) is 6.35. The van der Waals surface area contributed by atoms with Crippen molar-refractivity contribution in [1.29, 1.82) is 5.26 Å². The molecule has 3 heteroatoms. The van der Waals surface area contributed by atoms with Crippen LogP contribution in [0.1, 0.15) is 46.1 Å². The van der Waals surface area contributed by atoms with Crippen LogP contribution >= 0.6 is 0 Å². The van der Waals surface area contributed by atoms with E-state index in [1.54, 1.807) is 7.11 Å². The number of ether oxygens (including phenoxy) is 1. The summed E-state index contributed by atoms with van der Waals surface area (Å²) in [5.41, 5.74) is 1.72. The number of nitrogens with zero attached hydrogens (tertiary/aromatic N) is 2. The molecule has 116 valence electrons. The summed E-state index contributed by atoms with van der Waals surface area (Å²) < 4.78 is 5.32. The Labute approximate surface area is 129 Å². The van der Waals surface area contributed by atoms with Gasteiger partial charge in [-0.05, 0) is 36.8 Å². The third-order valence-corrected chi connectivity index (χ3v) is 3.62. The molecular weight excluding hydrogens is 260 g/mol. The minimum Gasteiger partial charge on any atom is -0.497 e. The first-order valence-electron chi connectivity index (χ1n) is 7.81. The molecule has 0 saturated heterocycles. The molecule has 1 aromatic carbocycles. The predicted molar refractivity (Wildman–Crippen MR) is 88.8 cm³/mol. The molecule has 0 atom stereocenters. The van der Waals surface area contributed by atoms with Crippen LogP contribution in [0.2, 0.25) is 0 Å². The van der Waals surface area contributed by atoms with Crippen molar-refractivity contribution in [3.05, 3.63) is 23.8 Å². The molecule has 0 heterocycles. The lowest BCUT2D eigenvalue weighted by atomic mass is 10.1. The topological polar surface area (TPSA) is 36.3 Å². The van der Waals surface area contributed by atoms with Gasteiger partial charge in [-0.2, -0.15) is 5.26 Å². The number of hydrogen-bond acceptors (Lipinski definition) is 3. The van der Waals surface area contributed by atoms with Crippen molar-refractivity contribution >= 4 is 5.69 Å². The molecule has 1 rings (SSSR count). The minimum absolute atomic E-state index is 0.655. The zero-order valence-electron chi connectivity index (χ0n) is 14.0. The summed E-state index contributed by atoms with van der Waals surface area (Å²) >= 11 is 0. The van der Waals surface area contributed by atoms with E-state index < -0.39 is 0 Å². The molecule has 0 aliphatic rings. The van der Waals surface area contributed by atoms with Crippen molar-refractivity contribution in [2.75, 3.05) is 25.1 Å². The number of benzene rings is 1. The van der Waals surface area contributed by atoms with Gasteiger partial charge in [-0.25, -0.2) is 0 Å². The summed E-state index contributed by atoms with van der Waals surface area (Å²) in [6.45, 7) is 10.9. The zero-order valence-corrected chi connectivity index (χ0v) is 14.0. The van der Waals surface area contributed by atoms with Crippen LogP contribution in [0.15, 0.2) is 18.2 Å². The zero-order chi connectivity index (χ0) is 15.8. The molecule has 0 saturated carbocycles. The lowest BCUT2D eigenvalue weighted by Crippen LogP contribution is -2.28. The Hall–Kier alpha value is -1.69. The van der Waals surface area contributed by atoms with Gasteiger partial charge >= 0.3 is 0 Å². The number of methoxy groups -OCH3 is 1. The Kier molecular flexibility index (Phi) is 7.08.